The Bertz CT molecular complexity index is 984. The Labute approximate surface area is 225 Å². The molecule has 12 heteroatoms. The summed E-state index contributed by atoms with van der Waals surface area (Å²) in [6.07, 6.45) is -3.90. The molecule has 0 fully saturated rings. The lowest BCUT2D eigenvalue weighted by Gasteiger charge is -2.22. The highest BCUT2D eigenvalue weighted by Gasteiger charge is 2.38. The summed E-state index contributed by atoms with van der Waals surface area (Å²) in [5.74, 6) is -1.58. The fraction of sp³-hybridized carbons (Fsp3) is 0.462. The van der Waals surface area contributed by atoms with Crippen LogP contribution in [0.5, 0.6) is 5.75 Å². The van der Waals surface area contributed by atoms with E-state index in [1.807, 2.05) is 0 Å². The molecule has 1 amide bonds. The molecule has 0 aliphatic heterocycles. The maximum atomic E-state index is 12.1. The minimum absolute atomic E-state index is 0.0738. The van der Waals surface area contributed by atoms with Crippen LogP contribution in [0.15, 0.2) is 53.4 Å². The first-order valence-corrected chi connectivity index (χ1v) is 12.6. The van der Waals surface area contributed by atoms with Gasteiger partial charge in [-0.3, -0.25) is 9.52 Å². The third-order valence-corrected chi connectivity index (χ3v) is 5.56. The molecule has 2 aromatic carbocycles. The van der Waals surface area contributed by atoms with E-state index in [9.17, 15) is 22.8 Å². The summed E-state index contributed by atoms with van der Waals surface area (Å²) in [7, 11) is 0. The van der Waals surface area contributed by atoms with Crippen LogP contribution in [0.25, 0.3) is 0 Å². The number of anilines is 1. The third kappa shape index (κ3) is 14.2. The van der Waals surface area contributed by atoms with Gasteiger partial charge in [-0.1, -0.05) is 13.8 Å². The van der Waals surface area contributed by atoms with E-state index in [0.29, 0.717) is 25.7 Å². The first-order valence-electron chi connectivity index (χ1n) is 11.8. The summed E-state index contributed by atoms with van der Waals surface area (Å²) < 4.78 is 50.2. The zero-order valence-electron chi connectivity index (χ0n) is 21.8. The summed E-state index contributed by atoms with van der Waals surface area (Å²) in [5.41, 5.74) is -0.235. The zero-order valence-corrected chi connectivity index (χ0v) is 22.6. The lowest BCUT2D eigenvalue weighted by molar-refractivity contribution is -0.167. The van der Waals surface area contributed by atoms with Gasteiger partial charge in [0.2, 0.25) is 0 Å². The Morgan fingerprint density at radius 2 is 1.61 bits per heavy atom. The lowest BCUT2D eigenvalue weighted by Crippen LogP contribution is -2.31. The molecule has 0 heterocycles. The number of carboxylic acid groups (broad SMARTS) is 1. The van der Waals surface area contributed by atoms with Crippen molar-refractivity contribution in [3.05, 3.63) is 54.1 Å². The molecule has 0 saturated heterocycles. The number of hydrogen-bond donors (Lipinski definition) is 4. The van der Waals surface area contributed by atoms with Crippen molar-refractivity contribution in [2.45, 2.75) is 50.8 Å². The Kier molecular flexibility index (Phi) is 14.2. The molecule has 8 nitrogen and oxygen atoms in total. The van der Waals surface area contributed by atoms with Crippen LogP contribution in [0.1, 0.15) is 44.5 Å². The van der Waals surface area contributed by atoms with Crippen LogP contribution in [0, 0.1) is 5.92 Å². The van der Waals surface area contributed by atoms with Crippen LogP contribution in [0.2, 0.25) is 0 Å². The van der Waals surface area contributed by atoms with Gasteiger partial charge >= 0.3 is 18.1 Å². The highest BCUT2D eigenvalue weighted by Crippen LogP contribution is 2.21. The van der Waals surface area contributed by atoms with Gasteiger partial charge in [-0.05, 0) is 86.7 Å². The predicted octanol–water partition coefficient (Wildman–Crippen LogP) is 5.38. The molecule has 212 valence electrons. The molecule has 0 aliphatic carbocycles. The van der Waals surface area contributed by atoms with Gasteiger partial charge < -0.3 is 25.0 Å². The number of aliphatic hydroxyl groups excluding tert-OH is 1. The van der Waals surface area contributed by atoms with Crippen molar-refractivity contribution >= 4 is 29.5 Å². The molecule has 2 aromatic rings. The second kappa shape index (κ2) is 16.2. The van der Waals surface area contributed by atoms with E-state index in [1.54, 1.807) is 55.6 Å². The van der Waals surface area contributed by atoms with Crippen LogP contribution in [0.3, 0.4) is 0 Å². The molecule has 2 rings (SSSR count). The molecule has 0 aromatic heterocycles. The van der Waals surface area contributed by atoms with Crippen molar-refractivity contribution in [2.24, 2.45) is 5.92 Å². The summed E-state index contributed by atoms with van der Waals surface area (Å²) in [5, 5.41) is 19.5. The first kappa shape index (κ1) is 33.2. The third-order valence-electron chi connectivity index (χ3n) is 4.70. The van der Waals surface area contributed by atoms with Gasteiger partial charge in [0.05, 0.1) is 31.0 Å². The Balaban J connectivity index is 0.000000415. The van der Waals surface area contributed by atoms with Crippen molar-refractivity contribution in [3.63, 3.8) is 0 Å². The first-order chi connectivity index (χ1) is 17.7. The Morgan fingerprint density at radius 1 is 1.00 bits per heavy atom. The van der Waals surface area contributed by atoms with Gasteiger partial charge in [0.25, 0.3) is 0 Å². The number of benzene rings is 2. The number of halogens is 3. The number of nitrogens with one attached hydrogen (secondary N) is 2. The highest BCUT2D eigenvalue weighted by molar-refractivity contribution is 7.97. The molecule has 0 aliphatic rings. The van der Waals surface area contributed by atoms with Gasteiger partial charge in [-0.15, -0.1) is 0 Å². The van der Waals surface area contributed by atoms with Crippen molar-refractivity contribution in [1.29, 1.82) is 0 Å². The maximum absolute atomic E-state index is 12.1. The number of alkyl halides is 3. The van der Waals surface area contributed by atoms with Crippen LogP contribution >= 0.6 is 11.9 Å². The van der Waals surface area contributed by atoms with E-state index in [2.05, 4.69) is 18.6 Å². The van der Waals surface area contributed by atoms with E-state index < -0.39 is 23.7 Å². The molecular formula is C26H35F3N2O6S. The number of aliphatic hydroxyl groups is 1. The number of amides is 1. The topological polar surface area (TPSA) is 117 Å². The smallest absolute Gasteiger partial charge is 0.471 e. The van der Waals surface area contributed by atoms with Gasteiger partial charge in [-0.2, -0.15) is 13.2 Å². The average Bonchev–Trinajstić information content (AvgIpc) is 2.84. The zero-order chi connectivity index (χ0) is 28.8. The number of aromatic carboxylic acids is 1. The summed E-state index contributed by atoms with van der Waals surface area (Å²) in [4.78, 5) is 22.1. The van der Waals surface area contributed by atoms with E-state index in [4.69, 9.17) is 19.7 Å². The predicted molar refractivity (Wildman–Crippen MR) is 140 cm³/mol. The molecule has 0 unspecified atom stereocenters. The van der Waals surface area contributed by atoms with E-state index in [-0.39, 0.29) is 17.9 Å². The maximum Gasteiger partial charge on any atom is 0.471 e. The van der Waals surface area contributed by atoms with Crippen LogP contribution in [-0.4, -0.2) is 60.2 Å². The minimum Gasteiger partial charge on any atom is -0.494 e. The largest absolute Gasteiger partial charge is 0.494 e. The lowest BCUT2D eigenvalue weighted by atomic mass is 10.1. The normalized spacial score (nSPS) is 11.5. The molecule has 4 N–H and O–H groups in total. The summed E-state index contributed by atoms with van der Waals surface area (Å²) in [6.45, 7) is 9.34. The van der Waals surface area contributed by atoms with Crippen LogP contribution in [-0.2, 0) is 9.53 Å². The molecule has 0 saturated carbocycles. The number of carbonyl (C=O) groups is 2. The van der Waals surface area contributed by atoms with E-state index in [0.717, 1.165) is 17.1 Å². The quantitative estimate of drug-likeness (QED) is 0.191. The SMILES string of the molecule is CC(C)(CO)OCCNSc1ccc(NC(=O)C(F)(F)F)cc1.CC(C)CCOc1ccc(C(=O)O)cc1. The average molecular weight is 561 g/mol. The number of carboxylic acids is 1. The van der Waals surface area contributed by atoms with Crippen molar-refractivity contribution in [1.82, 2.24) is 4.72 Å². The Hall–Kier alpha value is -2.80. The minimum atomic E-state index is -4.91. The second-order valence-corrected chi connectivity index (χ2v) is 10.1. The fourth-order valence-electron chi connectivity index (χ4n) is 2.46. The van der Waals surface area contributed by atoms with Crippen molar-refractivity contribution < 1.29 is 42.4 Å². The van der Waals surface area contributed by atoms with Crippen molar-refractivity contribution in [3.8, 4) is 5.75 Å². The number of rotatable bonds is 13. The highest BCUT2D eigenvalue weighted by atomic mass is 32.2. The Morgan fingerprint density at radius 3 is 2.11 bits per heavy atom. The molecule has 0 spiro atoms. The van der Waals surface area contributed by atoms with Gasteiger partial charge in [-0.25, -0.2) is 4.79 Å². The van der Waals surface area contributed by atoms with E-state index in [1.165, 1.54) is 24.1 Å². The number of carbonyl (C=O) groups excluding carboxylic acids is 1. The van der Waals surface area contributed by atoms with Gasteiger partial charge in [0.15, 0.2) is 0 Å². The molecule has 0 radical (unpaired) electrons. The standard InChI is InChI=1S/C14H19F3N2O3S.C12H16O3/c1-13(2,9-20)22-8-7-18-23-11-5-3-10(4-6-11)19-12(21)14(15,16)17;1-9(2)7-8-15-11-5-3-10(4-6-11)12(13)14/h3-6,18,20H,7-9H2,1-2H3,(H,19,21);3-6,9H,7-8H2,1-2H3,(H,13,14). The fourth-order valence-corrected chi connectivity index (χ4v) is 3.09. The van der Waals surface area contributed by atoms with E-state index >= 15 is 0 Å². The van der Waals surface area contributed by atoms with Gasteiger partial charge in [0, 0.05) is 17.1 Å². The monoisotopic (exact) mass is 560 g/mol. The van der Waals surface area contributed by atoms with Crippen molar-refractivity contribution in [2.75, 3.05) is 31.7 Å². The van der Waals surface area contributed by atoms with Gasteiger partial charge in [0.1, 0.15) is 5.75 Å². The number of ether oxygens (including phenoxy) is 2. The molecule has 0 atom stereocenters. The van der Waals surface area contributed by atoms with Crippen LogP contribution < -0.4 is 14.8 Å². The van der Waals surface area contributed by atoms with Crippen LogP contribution in [0.4, 0.5) is 18.9 Å². The molecular weight excluding hydrogens is 525 g/mol. The molecule has 38 heavy (non-hydrogen) atoms. The summed E-state index contributed by atoms with van der Waals surface area (Å²) >= 11 is 1.28. The summed E-state index contributed by atoms with van der Waals surface area (Å²) in [6, 6.07) is 12.4. The second-order valence-electron chi connectivity index (χ2n) is 9.10. The molecule has 0 bridgehead atoms. The number of hydrogen-bond acceptors (Lipinski definition) is 7.